The number of para-hydroxylation sites is 1. The zero-order valence-electron chi connectivity index (χ0n) is 10.2. The largest absolute Gasteiger partial charge is 0.348 e. The van der Waals surface area contributed by atoms with Crippen LogP contribution in [0.4, 0.5) is 0 Å². The molecule has 0 aliphatic carbocycles. The molecule has 18 heavy (non-hydrogen) atoms. The van der Waals surface area contributed by atoms with E-state index in [-0.39, 0.29) is 11.9 Å². The summed E-state index contributed by atoms with van der Waals surface area (Å²) in [7, 11) is 0. The molecule has 3 nitrogen and oxygen atoms in total. The quantitative estimate of drug-likeness (QED) is 0.861. The van der Waals surface area contributed by atoms with Gasteiger partial charge in [-0.1, -0.05) is 24.3 Å². The van der Waals surface area contributed by atoms with Gasteiger partial charge >= 0.3 is 0 Å². The molecule has 0 spiro atoms. The third-order valence-corrected chi connectivity index (χ3v) is 2.97. The fourth-order valence-corrected chi connectivity index (χ4v) is 2.05. The van der Waals surface area contributed by atoms with Gasteiger partial charge in [0, 0.05) is 17.3 Å². The zero-order chi connectivity index (χ0) is 13.0. The molecule has 4 heteroatoms. The number of pyridine rings is 1. The normalized spacial score (nSPS) is 12.3. The second-order valence-corrected chi connectivity index (χ2v) is 4.62. The molecular weight excluding hydrogens is 248 g/mol. The van der Waals surface area contributed by atoms with Crippen molar-refractivity contribution in [3.8, 4) is 0 Å². The highest BCUT2D eigenvalue weighted by Crippen LogP contribution is 2.11. The summed E-state index contributed by atoms with van der Waals surface area (Å²) in [5.41, 5.74) is 1.27. The van der Waals surface area contributed by atoms with Crippen molar-refractivity contribution in [2.24, 2.45) is 0 Å². The lowest BCUT2D eigenvalue weighted by molar-refractivity contribution is 0.0935. The molecule has 94 valence electrons. The Bertz CT molecular complexity index is 556. The molecule has 2 aromatic rings. The Morgan fingerprint density at radius 1 is 1.33 bits per heavy atom. The Kier molecular flexibility index (Phi) is 4.15. The van der Waals surface area contributed by atoms with Gasteiger partial charge in [-0.05, 0) is 25.5 Å². The van der Waals surface area contributed by atoms with Crippen LogP contribution in [0.2, 0.25) is 0 Å². The van der Waals surface area contributed by atoms with Crippen LogP contribution in [-0.4, -0.2) is 22.8 Å². The number of carbonyl (C=O) groups excluding carboxylic acids is 1. The van der Waals surface area contributed by atoms with Crippen molar-refractivity contribution in [1.82, 2.24) is 10.3 Å². The minimum absolute atomic E-state index is 0.0586. The molecule has 1 heterocycles. The highest BCUT2D eigenvalue weighted by Gasteiger charge is 2.10. The topological polar surface area (TPSA) is 42.0 Å². The fourth-order valence-electron chi connectivity index (χ4n) is 1.73. The first-order chi connectivity index (χ1) is 8.70. The number of rotatable bonds is 4. The highest BCUT2D eigenvalue weighted by molar-refractivity contribution is 6.17. The molecule has 0 aliphatic rings. The molecule has 0 aliphatic heterocycles. The van der Waals surface area contributed by atoms with Crippen LogP contribution < -0.4 is 5.32 Å². The highest BCUT2D eigenvalue weighted by atomic mass is 35.5. The lowest BCUT2D eigenvalue weighted by atomic mass is 10.2. The summed E-state index contributed by atoms with van der Waals surface area (Å²) in [6.45, 7) is 1.93. The Hall–Kier alpha value is -1.61. The van der Waals surface area contributed by atoms with Crippen LogP contribution in [0.25, 0.3) is 10.9 Å². The number of halogens is 1. The second kappa shape index (κ2) is 5.83. The number of nitrogens with one attached hydrogen (secondary N) is 1. The van der Waals surface area contributed by atoms with Gasteiger partial charge in [0.05, 0.1) is 5.52 Å². The molecule has 0 saturated carbocycles. The lowest BCUT2D eigenvalue weighted by Gasteiger charge is -2.11. The molecule has 0 saturated heterocycles. The van der Waals surface area contributed by atoms with Crippen molar-refractivity contribution < 1.29 is 4.79 Å². The van der Waals surface area contributed by atoms with Crippen LogP contribution in [-0.2, 0) is 0 Å². The minimum Gasteiger partial charge on any atom is -0.348 e. The smallest absolute Gasteiger partial charge is 0.270 e. The fraction of sp³-hybridized carbons (Fsp3) is 0.286. The first-order valence-electron chi connectivity index (χ1n) is 5.93. The van der Waals surface area contributed by atoms with E-state index in [4.69, 9.17) is 11.6 Å². The Labute approximate surface area is 111 Å². The van der Waals surface area contributed by atoms with Gasteiger partial charge in [-0.25, -0.2) is 4.98 Å². The van der Waals surface area contributed by atoms with E-state index >= 15 is 0 Å². The van der Waals surface area contributed by atoms with Gasteiger partial charge in [0.25, 0.3) is 5.91 Å². The van der Waals surface area contributed by atoms with Gasteiger partial charge in [0.15, 0.2) is 0 Å². The van der Waals surface area contributed by atoms with Crippen molar-refractivity contribution in [2.75, 3.05) is 5.88 Å². The van der Waals surface area contributed by atoms with Crippen molar-refractivity contribution in [3.63, 3.8) is 0 Å². The van der Waals surface area contributed by atoms with Crippen LogP contribution in [0, 0.1) is 0 Å². The second-order valence-electron chi connectivity index (χ2n) is 4.24. The maximum absolute atomic E-state index is 12.0. The number of aromatic nitrogens is 1. The van der Waals surface area contributed by atoms with Gasteiger partial charge in [0.1, 0.15) is 5.69 Å². The number of fused-ring (bicyclic) bond motifs is 1. The third-order valence-electron chi connectivity index (χ3n) is 2.75. The van der Waals surface area contributed by atoms with Crippen LogP contribution in [0.3, 0.4) is 0 Å². The van der Waals surface area contributed by atoms with Gasteiger partial charge in [-0.3, -0.25) is 4.79 Å². The molecule has 1 aromatic carbocycles. The van der Waals surface area contributed by atoms with Crippen molar-refractivity contribution >= 4 is 28.4 Å². The van der Waals surface area contributed by atoms with Gasteiger partial charge in [0.2, 0.25) is 0 Å². The van der Waals surface area contributed by atoms with Gasteiger partial charge in [-0.2, -0.15) is 0 Å². The molecule has 1 atom stereocenters. The first kappa shape index (κ1) is 12.8. The monoisotopic (exact) mass is 262 g/mol. The molecule has 0 fully saturated rings. The minimum atomic E-state index is -0.154. The van der Waals surface area contributed by atoms with E-state index in [0.29, 0.717) is 11.6 Å². The molecule has 2 rings (SSSR count). The Morgan fingerprint density at radius 2 is 2.11 bits per heavy atom. The van der Waals surface area contributed by atoms with Gasteiger partial charge < -0.3 is 5.32 Å². The van der Waals surface area contributed by atoms with E-state index in [1.807, 2.05) is 37.3 Å². The van der Waals surface area contributed by atoms with E-state index in [1.54, 1.807) is 6.07 Å². The summed E-state index contributed by atoms with van der Waals surface area (Å²) >= 11 is 5.64. The van der Waals surface area contributed by atoms with E-state index in [9.17, 15) is 4.79 Å². The van der Waals surface area contributed by atoms with Crippen molar-refractivity contribution in [1.29, 1.82) is 0 Å². The van der Waals surface area contributed by atoms with Crippen molar-refractivity contribution in [3.05, 3.63) is 42.1 Å². The molecule has 0 radical (unpaired) electrons. The molecule has 0 bridgehead atoms. The summed E-state index contributed by atoms with van der Waals surface area (Å²) in [5.74, 6) is 0.380. The predicted octanol–water partition coefficient (Wildman–Crippen LogP) is 2.98. The molecule has 1 unspecified atom stereocenters. The Morgan fingerprint density at radius 3 is 2.89 bits per heavy atom. The predicted molar refractivity (Wildman–Crippen MR) is 74.0 cm³/mol. The summed E-state index contributed by atoms with van der Waals surface area (Å²) in [5, 5.41) is 3.91. The number of benzene rings is 1. The third kappa shape index (κ3) is 2.99. The lowest BCUT2D eigenvalue weighted by Crippen LogP contribution is -2.33. The van der Waals surface area contributed by atoms with E-state index in [0.717, 1.165) is 17.3 Å². The number of amides is 1. The summed E-state index contributed by atoms with van der Waals surface area (Å²) in [6, 6.07) is 11.4. The number of alkyl halides is 1. The van der Waals surface area contributed by atoms with E-state index in [2.05, 4.69) is 10.3 Å². The van der Waals surface area contributed by atoms with Crippen LogP contribution in [0.15, 0.2) is 36.4 Å². The van der Waals surface area contributed by atoms with Gasteiger partial charge in [-0.15, -0.1) is 11.6 Å². The molecule has 1 N–H and O–H groups in total. The van der Waals surface area contributed by atoms with Crippen molar-refractivity contribution in [2.45, 2.75) is 19.4 Å². The number of nitrogens with zero attached hydrogens (tertiary/aromatic N) is 1. The number of hydrogen-bond acceptors (Lipinski definition) is 2. The maximum Gasteiger partial charge on any atom is 0.270 e. The average molecular weight is 263 g/mol. The first-order valence-corrected chi connectivity index (χ1v) is 6.47. The standard InChI is InChI=1S/C14H15ClN2O/c1-10(8-9-15)16-14(18)13-7-6-11-4-2-3-5-12(11)17-13/h2-7,10H,8-9H2,1H3,(H,16,18). The van der Waals surface area contributed by atoms with E-state index < -0.39 is 0 Å². The SMILES string of the molecule is CC(CCCl)NC(=O)c1ccc2ccccc2n1. The maximum atomic E-state index is 12.0. The summed E-state index contributed by atoms with van der Waals surface area (Å²) in [6.07, 6.45) is 0.751. The summed E-state index contributed by atoms with van der Waals surface area (Å²) < 4.78 is 0. The zero-order valence-corrected chi connectivity index (χ0v) is 10.9. The number of hydrogen-bond donors (Lipinski definition) is 1. The average Bonchev–Trinajstić information content (AvgIpc) is 2.38. The van der Waals surface area contributed by atoms with Crippen LogP contribution in [0.5, 0.6) is 0 Å². The van der Waals surface area contributed by atoms with E-state index in [1.165, 1.54) is 0 Å². The van der Waals surface area contributed by atoms with Crippen LogP contribution in [0.1, 0.15) is 23.8 Å². The van der Waals surface area contributed by atoms with Crippen LogP contribution >= 0.6 is 11.6 Å². The summed E-state index contributed by atoms with van der Waals surface area (Å²) in [4.78, 5) is 16.3. The molecule has 1 amide bonds. The number of carbonyl (C=O) groups is 1. The Balaban J connectivity index is 2.17. The molecular formula is C14H15ClN2O. The molecule has 1 aromatic heterocycles.